The highest BCUT2D eigenvalue weighted by molar-refractivity contribution is 9.10. The van der Waals surface area contributed by atoms with Crippen LogP contribution >= 0.6 is 27.7 Å². The number of thioether (sulfide) groups is 1. The van der Waals surface area contributed by atoms with Gasteiger partial charge in [0.25, 0.3) is 0 Å². The molecule has 0 saturated carbocycles. The van der Waals surface area contributed by atoms with Crippen LogP contribution in [0.1, 0.15) is 20.8 Å². The Morgan fingerprint density at radius 1 is 1.26 bits per heavy atom. The first kappa shape index (κ1) is 20.5. The van der Waals surface area contributed by atoms with Gasteiger partial charge >= 0.3 is 0 Å². The van der Waals surface area contributed by atoms with E-state index in [4.69, 9.17) is 9.47 Å². The van der Waals surface area contributed by atoms with Gasteiger partial charge in [0, 0.05) is 28.8 Å². The number of benzene rings is 1. The molecule has 3 rings (SSSR count). The molecule has 2 aliphatic rings. The molecule has 1 amide bonds. The third-order valence-electron chi connectivity index (χ3n) is 4.19. The van der Waals surface area contributed by atoms with E-state index in [1.807, 2.05) is 24.8 Å². The summed E-state index contributed by atoms with van der Waals surface area (Å²) in [6.07, 6.45) is 0. The van der Waals surface area contributed by atoms with Crippen LogP contribution in [-0.2, 0) is 14.6 Å². The number of amidine groups is 1. The summed E-state index contributed by atoms with van der Waals surface area (Å²) in [5, 5.41) is 0.363. The van der Waals surface area contributed by atoms with Crippen molar-refractivity contribution in [3.05, 3.63) is 16.6 Å². The number of hydrogen-bond acceptors (Lipinski definition) is 6. The molecule has 27 heavy (non-hydrogen) atoms. The van der Waals surface area contributed by atoms with Crippen molar-refractivity contribution < 1.29 is 22.7 Å². The number of fused-ring (bicyclic) bond motifs is 1. The van der Waals surface area contributed by atoms with E-state index in [1.165, 1.54) is 18.7 Å². The van der Waals surface area contributed by atoms with Crippen LogP contribution in [0, 0.1) is 0 Å². The van der Waals surface area contributed by atoms with Crippen LogP contribution in [0.15, 0.2) is 21.6 Å². The molecule has 1 aromatic carbocycles. The predicted molar refractivity (Wildman–Crippen MR) is 111 cm³/mol. The zero-order chi connectivity index (χ0) is 19.8. The third kappa shape index (κ3) is 4.27. The van der Waals surface area contributed by atoms with Crippen LogP contribution in [0.25, 0.3) is 0 Å². The molecule has 0 spiro atoms. The number of ether oxygens (including phenoxy) is 2. The molecule has 1 aromatic rings. The van der Waals surface area contributed by atoms with Crippen LogP contribution in [0.4, 0.5) is 5.69 Å². The highest BCUT2D eigenvalue weighted by atomic mass is 79.9. The Morgan fingerprint density at radius 2 is 1.89 bits per heavy atom. The minimum atomic E-state index is -3.12. The molecule has 2 aliphatic heterocycles. The lowest BCUT2D eigenvalue weighted by atomic mass is 10.2. The third-order valence-corrected chi connectivity index (χ3v) is 8.04. The van der Waals surface area contributed by atoms with E-state index in [9.17, 15) is 13.2 Å². The number of sulfone groups is 1. The molecule has 10 heteroatoms. The highest BCUT2D eigenvalue weighted by Gasteiger charge is 2.49. The molecule has 0 aliphatic carbocycles. The van der Waals surface area contributed by atoms with Crippen LogP contribution in [0.5, 0.6) is 11.5 Å². The molecule has 0 N–H and O–H groups in total. The maximum absolute atomic E-state index is 12.1. The highest BCUT2D eigenvalue weighted by Crippen LogP contribution is 2.46. The second kappa shape index (κ2) is 8.00. The summed E-state index contributed by atoms with van der Waals surface area (Å²) >= 11 is 4.90. The van der Waals surface area contributed by atoms with Crippen LogP contribution in [0.3, 0.4) is 0 Å². The molecule has 2 saturated heterocycles. The molecule has 0 radical (unpaired) electrons. The normalized spacial score (nSPS) is 24.9. The first-order chi connectivity index (χ1) is 12.8. The Labute approximate surface area is 171 Å². The Bertz CT molecular complexity index is 888. The number of hydrogen-bond donors (Lipinski definition) is 0. The molecule has 2 heterocycles. The molecule has 0 aromatic heterocycles. The van der Waals surface area contributed by atoms with Gasteiger partial charge in [-0.05, 0) is 29.8 Å². The van der Waals surface area contributed by atoms with Gasteiger partial charge in [-0.3, -0.25) is 4.79 Å². The molecule has 2 fully saturated rings. The van der Waals surface area contributed by atoms with E-state index in [0.29, 0.717) is 35.6 Å². The van der Waals surface area contributed by atoms with Crippen molar-refractivity contribution in [1.82, 2.24) is 0 Å². The van der Waals surface area contributed by atoms with Gasteiger partial charge in [-0.15, -0.1) is 0 Å². The number of carbonyl (C=O) groups excluding carboxylic acids is 1. The molecule has 0 bridgehead atoms. The number of halogens is 1. The van der Waals surface area contributed by atoms with Gasteiger partial charge in [-0.1, -0.05) is 11.8 Å². The molecular weight excluding hydrogens is 456 g/mol. The van der Waals surface area contributed by atoms with Crippen molar-refractivity contribution in [2.24, 2.45) is 4.99 Å². The lowest BCUT2D eigenvalue weighted by Gasteiger charge is -2.26. The number of aliphatic imine (C=N–C) groups is 1. The lowest BCUT2D eigenvalue weighted by Crippen LogP contribution is -2.38. The number of rotatable bonds is 5. The second-order valence-electron chi connectivity index (χ2n) is 6.20. The fourth-order valence-corrected chi connectivity index (χ4v) is 7.69. The summed E-state index contributed by atoms with van der Waals surface area (Å²) in [4.78, 5) is 17.6. The zero-order valence-corrected chi connectivity index (χ0v) is 18.5. The first-order valence-corrected chi connectivity index (χ1v) is 12.1. The summed E-state index contributed by atoms with van der Waals surface area (Å²) in [5.74, 6) is 0.961. The standard InChI is InChI=1S/C17H21BrN2O5S2/c1-4-24-14-6-11(18)12(7-15(14)25-5-2)20-13-8-27(22,23)9-16(13)26-17(20)19-10(3)21/h6-7,13,16H,4-5,8-9H2,1-3H3/t13-,16+/m0/s1. The van der Waals surface area contributed by atoms with Crippen molar-refractivity contribution in [1.29, 1.82) is 0 Å². The molecule has 148 valence electrons. The van der Waals surface area contributed by atoms with Crippen molar-refractivity contribution in [3.63, 3.8) is 0 Å². The van der Waals surface area contributed by atoms with Gasteiger partial charge in [-0.25, -0.2) is 8.42 Å². The SMILES string of the molecule is CCOc1cc(Br)c(N2C(=NC(C)=O)S[C@@H]3CS(=O)(=O)C[C@@H]32)cc1OCC. The summed E-state index contributed by atoms with van der Waals surface area (Å²) in [5.41, 5.74) is 0.707. The molecular formula is C17H21BrN2O5S2. The van der Waals surface area contributed by atoms with E-state index < -0.39 is 9.84 Å². The molecule has 2 atom stereocenters. The Morgan fingerprint density at radius 3 is 2.48 bits per heavy atom. The van der Waals surface area contributed by atoms with Gasteiger partial charge < -0.3 is 14.4 Å². The van der Waals surface area contributed by atoms with Crippen LogP contribution in [0.2, 0.25) is 0 Å². The van der Waals surface area contributed by atoms with E-state index in [1.54, 1.807) is 6.07 Å². The maximum Gasteiger partial charge on any atom is 0.244 e. The molecule has 0 unspecified atom stereocenters. The second-order valence-corrected chi connectivity index (χ2v) is 10.4. The monoisotopic (exact) mass is 476 g/mol. The Kier molecular flexibility index (Phi) is 6.07. The maximum atomic E-state index is 12.1. The first-order valence-electron chi connectivity index (χ1n) is 8.60. The smallest absolute Gasteiger partial charge is 0.244 e. The summed E-state index contributed by atoms with van der Waals surface area (Å²) in [6, 6.07) is 3.33. The van der Waals surface area contributed by atoms with Crippen molar-refractivity contribution >= 4 is 54.3 Å². The van der Waals surface area contributed by atoms with E-state index in [0.717, 1.165) is 4.47 Å². The number of carbonyl (C=O) groups is 1. The van der Waals surface area contributed by atoms with E-state index >= 15 is 0 Å². The fraction of sp³-hybridized carbons (Fsp3) is 0.529. The van der Waals surface area contributed by atoms with Crippen molar-refractivity contribution in [3.8, 4) is 11.5 Å². The van der Waals surface area contributed by atoms with Gasteiger partial charge in [0.1, 0.15) is 0 Å². The van der Waals surface area contributed by atoms with Gasteiger partial charge in [0.15, 0.2) is 26.5 Å². The van der Waals surface area contributed by atoms with Crippen molar-refractivity contribution in [2.75, 3.05) is 29.6 Å². The number of amides is 1. The minimum absolute atomic E-state index is 0.0329. The van der Waals surface area contributed by atoms with E-state index in [2.05, 4.69) is 20.9 Å². The topological polar surface area (TPSA) is 85.3 Å². The van der Waals surface area contributed by atoms with Crippen LogP contribution < -0.4 is 14.4 Å². The van der Waals surface area contributed by atoms with Gasteiger partial charge in [0.05, 0.1) is 36.4 Å². The molecule has 7 nitrogen and oxygen atoms in total. The average molecular weight is 477 g/mol. The van der Waals surface area contributed by atoms with E-state index in [-0.39, 0.29) is 28.7 Å². The van der Waals surface area contributed by atoms with Gasteiger partial charge in [0.2, 0.25) is 5.91 Å². The van der Waals surface area contributed by atoms with Crippen LogP contribution in [-0.4, -0.2) is 55.5 Å². The quantitative estimate of drug-likeness (QED) is 0.645. The predicted octanol–water partition coefficient (Wildman–Crippen LogP) is 2.87. The fourth-order valence-electron chi connectivity index (χ4n) is 3.23. The Balaban J connectivity index is 2.10. The largest absolute Gasteiger partial charge is 0.490 e. The summed E-state index contributed by atoms with van der Waals surface area (Å²) in [7, 11) is -3.12. The summed E-state index contributed by atoms with van der Waals surface area (Å²) in [6.45, 7) is 6.11. The Hall–Kier alpha value is -1.26. The van der Waals surface area contributed by atoms with Crippen molar-refractivity contribution in [2.45, 2.75) is 32.1 Å². The number of nitrogens with zero attached hydrogens (tertiary/aromatic N) is 2. The summed E-state index contributed by atoms with van der Waals surface area (Å²) < 4.78 is 36.3. The number of anilines is 1. The van der Waals surface area contributed by atoms with Gasteiger partial charge in [-0.2, -0.15) is 4.99 Å². The zero-order valence-electron chi connectivity index (χ0n) is 15.3. The lowest BCUT2D eigenvalue weighted by molar-refractivity contribution is -0.115. The average Bonchev–Trinajstić information content (AvgIpc) is 3.01. The minimum Gasteiger partial charge on any atom is -0.490 e.